The molecule has 21 heavy (non-hydrogen) atoms. The van der Waals surface area contributed by atoms with Crippen LogP contribution >= 0.6 is 0 Å². The largest absolute Gasteiger partial charge is 0.616 e. The van der Waals surface area contributed by atoms with Crippen LogP contribution in [0.2, 0.25) is 0 Å². The van der Waals surface area contributed by atoms with E-state index in [1.807, 2.05) is 18.2 Å². The third-order valence-corrected chi connectivity index (χ3v) is 5.90. The first-order chi connectivity index (χ1) is 10.1. The summed E-state index contributed by atoms with van der Waals surface area (Å²) in [5.41, 5.74) is -0.215. The van der Waals surface area contributed by atoms with Crippen molar-refractivity contribution in [3.05, 3.63) is 23.8 Å². The first-order valence-corrected chi connectivity index (χ1v) is 9.02. The second-order valence-electron chi connectivity index (χ2n) is 5.96. The van der Waals surface area contributed by atoms with Gasteiger partial charge in [0.05, 0.1) is 13.2 Å². The van der Waals surface area contributed by atoms with E-state index < -0.39 is 16.8 Å². The van der Waals surface area contributed by atoms with Crippen LogP contribution in [0.5, 0.6) is 11.5 Å². The molecule has 0 radical (unpaired) electrons. The summed E-state index contributed by atoms with van der Waals surface area (Å²) in [4.78, 5) is 0. The zero-order chi connectivity index (χ0) is 14.9. The maximum Gasteiger partial charge on any atom is 0.161 e. The van der Waals surface area contributed by atoms with Crippen LogP contribution in [-0.2, 0) is 16.8 Å². The molecule has 4 nitrogen and oxygen atoms in total. The van der Waals surface area contributed by atoms with Gasteiger partial charge in [-0.3, -0.25) is 0 Å². The topological polar surface area (TPSA) is 61.8 Å². The Morgan fingerprint density at radius 2 is 2.05 bits per heavy atom. The number of hydrogen-bond acceptors (Lipinski definition) is 4. The molecule has 1 saturated heterocycles. The normalized spacial score (nSPS) is 29.8. The van der Waals surface area contributed by atoms with Gasteiger partial charge in [0.15, 0.2) is 11.5 Å². The molecule has 1 heterocycles. The highest BCUT2D eigenvalue weighted by atomic mass is 32.2. The maximum absolute atomic E-state index is 11.6. The molecule has 1 aliphatic carbocycles. The molecule has 3 rings (SSSR count). The van der Waals surface area contributed by atoms with Crippen LogP contribution in [0.15, 0.2) is 18.2 Å². The average molecular weight is 310 g/mol. The molecule has 2 fully saturated rings. The van der Waals surface area contributed by atoms with Crippen LogP contribution in [-0.4, -0.2) is 34.4 Å². The Bertz CT molecular complexity index is 501. The zero-order valence-corrected chi connectivity index (χ0v) is 13.2. The summed E-state index contributed by atoms with van der Waals surface area (Å²) < 4.78 is 23.0. The van der Waals surface area contributed by atoms with E-state index in [4.69, 9.17) is 9.47 Å². The minimum Gasteiger partial charge on any atom is -0.616 e. The Labute approximate surface area is 128 Å². The van der Waals surface area contributed by atoms with E-state index in [1.54, 1.807) is 7.11 Å². The molecule has 1 aromatic carbocycles. The highest BCUT2D eigenvalue weighted by Gasteiger charge is 2.42. The average Bonchev–Trinajstić information content (AvgIpc) is 3.09. The van der Waals surface area contributed by atoms with E-state index in [9.17, 15) is 9.66 Å². The summed E-state index contributed by atoms with van der Waals surface area (Å²) in [5.74, 6) is 2.24. The van der Waals surface area contributed by atoms with Crippen molar-refractivity contribution in [2.45, 2.75) is 43.8 Å². The summed E-state index contributed by atoms with van der Waals surface area (Å²) in [5, 5.41) is 10.7. The highest BCUT2D eigenvalue weighted by Crippen LogP contribution is 2.39. The molecule has 2 aliphatic rings. The Balaban J connectivity index is 1.85. The zero-order valence-electron chi connectivity index (χ0n) is 12.3. The molecular formula is C16H22O4S. The van der Waals surface area contributed by atoms with E-state index in [2.05, 4.69) is 0 Å². The fourth-order valence-corrected chi connectivity index (χ4v) is 4.72. The number of hydrogen-bond donors (Lipinski definition) is 1. The maximum atomic E-state index is 11.6. The SMILES string of the molecule is COc1ccc(C2(O)CC[S+]([O-])C2)cc1OC1CCCC1. The monoisotopic (exact) mass is 310 g/mol. The summed E-state index contributed by atoms with van der Waals surface area (Å²) >= 11 is -0.933. The second-order valence-corrected chi connectivity index (χ2v) is 7.54. The van der Waals surface area contributed by atoms with Crippen LogP contribution in [0.1, 0.15) is 37.7 Å². The number of rotatable bonds is 4. The minimum atomic E-state index is -0.995. The van der Waals surface area contributed by atoms with Gasteiger partial charge in [-0.15, -0.1) is 0 Å². The van der Waals surface area contributed by atoms with Gasteiger partial charge in [0.1, 0.15) is 17.1 Å². The van der Waals surface area contributed by atoms with E-state index in [-0.39, 0.29) is 6.10 Å². The molecular weight excluding hydrogens is 288 g/mol. The molecule has 0 bridgehead atoms. The standard InChI is InChI=1S/C16H22O4S/c1-19-14-7-6-12(16(17)8-9-21(18)11-16)10-15(14)20-13-4-2-3-5-13/h6-7,10,13,17H,2-5,8-9,11H2,1H3. The molecule has 5 heteroatoms. The molecule has 1 aromatic rings. The van der Waals surface area contributed by atoms with Gasteiger partial charge in [-0.05, 0) is 43.4 Å². The summed E-state index contributed by atoms with van der Waals surface area (Å²) in [7, 11) is 1.62. The smallest absolute Gasteiger partial charge is 0.161 e. The van der Waals surface area contributed by atoms with Crippen LogP contribution in [0, 0.1) is 0 Å². The molecule has 0 amide bonds. The molecule has 0 spiro atoms. The lowest BCUT2D eigenvalue weighted by molar-refractivity contribution is 0.0646. The van der Waals surface area contributed by atoms with Crippen molar-refractivity contribution >= 4 is 11.2 Å². The van der Waals surface area contributed by atoms with Gasteiger partial charge >= 0.3 is 0 Å². The summed E-state index contributed by atoms with van der Waals surface area (Å²) in [6.07, 6.45) is 5.32. The number of methoxy groups -OCH3 is 1. The van der Waals surface area contributed by atoms with Gasteiger partial charge in [0.25, 0.3) is 0 Å². The lowest BCUT2D eigenvalue weighted by Gasteiger charge is -2.23. The Morgan fingerprint density at radius 1 is 1.29 bits per heavy atom. The number of ether oxygens (including phenoxy) is 2. The third-order valence-electron chi connectivity index (χ3n) is 4.44. The lowest BCUT2D eigenvalue weighted by Crippen LogP contribution is -2.27. The quantitative estimate of drug-likeness (QED) is 0.867. The first kappa shape index (κ1) is 15.0. The predicted octanol–water partition coefficient (Wildman–Crippen LogP) is 2.36. The van der Waals surface area contributed by atoms with E-state index in [0.717, 1.165) is 18.4 Å². The van der Waals surface area contributed by atoms with Crippen molar-refractivity contribution in [2.24, 2.45) is 0 Å². The number of benzene rings is 1. The van der Waals surface area contributed by atoms with Crippen LogP contribution in [0.3, 0.4) is 0 Å². The van der Waals surface area contributed by atoms with Gasteiger partial charge in [-0.2, -0.15) is 0 Å². The van der Waals surface area contributed by atoms with Crippen molar-refractivity contribution < 1.29 is 19.1 Å². The molecule has 0 aromatic heterocycles. The highest BCUT2D eigenvalue weighted by molar-refractivity contribution is 7.91. The first-order valence-electron chi connectivity index (χ1n) is 7.53. The third kappa shape index (κ3) is 3.15. The molecule has 2 unspecified atom stereocenters. The van der Waals surface area contributed by atoms with Crippen molar-refractivity contribution in [3.63, 3.8) is 0 Å². The van der Waals surface area contributed by atoms with Crippen LogP contribution in [0.4, 0.5) is 0 Å². The Hall–Kier alpha value is -0.910. The predicted molar refractivity (Wildman–Crippen MR) is 82.3 cm³/mol. The van der Waals surface area contributed by atoms with Gasteiger partial charge in [0, 0.05) is 6.42 Å². The van der Waals surface area contributed by atoms with E-state index in [1.165, 1.54) is 12.8 Å². The minimum absolute atomic E-state index is 0.238. The molecule has 1 aliphatic heterocycles. The fourth-order valence-electron chi connectivity index (χ4n) is 3.17. The van der Waals surface area contributed by atoms with E-state index in [0.29, 0.717) is 29.4 Å². The van der Waals surface area contributed by atoms with Crippen LogP contribution < -0.4 is 9.47 Å². The second kappa shape index (κ2) is 6.07. The van der Waals surface area contributed by atoms with Crippen molar-refractivity contribution in [2.75, 3.05) is 18.6 Å². The lowest BCUT2D eigenvalue weighted by atomic mass is 9.93. The molecule has 116 valence electrons. The summed E-state index contributed by atoms with van der Waals surface area (Å²) in [6.45, 7) is 0. The van der Waals surface area contributed by atoms with Gasteiger partial charge < -0.3 is 19.1 Å². The number of aliphatic hydroxyl groups is 1. The van der Waals surface area contributed by atoms with Gasteiger partial charge in [-0.25, -0.2) is 0 Å². The Kier molecular flexibility index (Phi) is 4.33. The van der Waals surface area contributed by atoms with Gasteiger partial charge in [-0.1, -0.05) is 17.2 Å². The molecule has 1 saturated carbocycles. The fraction of sp³-hybridized carbons (Fsp3) is 0.625. The van der Waals surface area contributed by atoms with Crippen molar-refractivity contribution in [1.82, 2.24) is 0 Å². The molecule has 2 atom stereocenters. The summed E-state index contributed by atoms with van der Waals surface area (Å²) in [6, 6.07) is 5.54. The Morgan fingerprint density at radius 3 is 2.67 bits per heavy atom. The molecule has 1 N–H and O–H groups in total. The van der Waals surface area contributed by atoms with E-state index >= 15 is 0 Å². The van der Waals surface area contributed by atoms with Crippen LogP contribution in [0.25, 0.3) is 0 Å². The van der Waals surface area contributed by atoms with Gasteiger partial charge in [0.2, 0.25) is 0 Å². The van der Waals surface area contributed by atoms with Crippen molar-refractivity contribution in [3.8, 4) is 11.5 Å². The van der Waals surface area contributed by atoms with Crippen molar-refractivity contribution in [1.29, 1.82) is 0 Å².